The zero-order chi connectivity index (χ0) is 16.1. The van der Waals surface area contributed by atoms with Crippen LogP contribution in [0.5, 0.6) is 5.75 Å². The van der Waals surface area contributed by atoms with Crippen LogP contribution >= 0.6 is 0 Å². The lowest BCUT2D eigenvalue weighted by molar-refractivity contribution is 0.0974. The maximum Gasteiger partial charge on any atom is 0.295 e. The summed E-state index contributed by atoms with van der Waals surface area (Å²) in [4.78, 5) is 24.6. The third-order valence-corrected chi connectivity index (χ3v) is 4.39. The molecule has 0 saturated carbocycles. The zero-order valence-corrected chi connectivity index (χ0v) is 12.2. The summed E-state index contributed by atoms with van der Waals surface area (Å²) >= 11 is 0. The summed E-state index contributed by atoms with van der Waals surface area (Å²) in [5.41, 5.74) is -0.240. The van der Waals surface area contributed by atoms with Crippen molar-refractivity contribution in [3.8, 4) is 5.75 Å². The van der Waals surface area contributed by atoms with E-state index in [0.29, 0.717) is 0 Å². The number of carbonyl (C=O) groups excluding carboxylic acids is 2. The minimum atomic E-state index is -4.62. The fourth-order valence-electron chi connectivity index (χ4n) is 2.56. The molecule has 7 heteroatoms. The number of ketones is 2. The average molecular weight is 318 g/mol. The van der Waals surface area contributed by atoms with Gasteiger partial charge in [-0.15, -0.1) is 0 Å². The van der Waals surface area contributed by atoms with Crippen LogP contribution in [0.4, 0.5) is 0 Å². The molecule has 3 rings (SSSR count). The molecule has 0 amide bonds. The summed E-state index contributed by atoms with van der Waals surface area (Å²) in [7, 11) is -3.25. The van der Waals surface area contributed by atoms with Gasteiger partial charge in [0, 0.05) is 11.1 Å². The van der Waals surface area contributed by atoms with Crippen molar-refractivity contribution < 1.29 is 27.3 Å². The van der Waals surface area contributed by atoms with Crippen molar-refractivity contribution in [2.75, 3.05) is 7.11 Å². The van der Waals surface area contributed by atoms with E-state index in [9.17, 15) is 22.6 Å². The lowest BCUT2D eigenvalue weighted by Gasteiger charge is -2.20. The summed E-state index contributed by atoms with van der Waals surface area (Å²) in [6.07, 6.45) is 0. The molecule has 0 radical (unpaired) electrons. The van der Waals surface area contributed by atoms with Gasteiger partial charge in [0.15, 0.2) is 11.6 Å². The molecule has 0 unspecified atom stereocenters. The van der Waals surface area contributed by atoms with Crippen molar-refractivity contribution in [3.63, 3.8) is 0 Å². The Labute approximate surface area is 126 Å². The fraction of sp³-hybridized carbons (Fsp3) is 0.0667. The molecular formula is C15H10O6S. The Morgan fingerprint density at radius 1 is 0.909 bits per heavy atom. The van der Waals surface area contributed by atoms with E-state index in [1.54, 1.807) is 6.07 Å². The van der Waals surface area contributed by atoms with Crippen LogP contribution in [0.3, 0.4) is 0 Å². The summed E-state index contributed by atoms with van der Waals surface area (Å²) < 4.78 is 37.3. The fourth-order valence-corrected chi connectivity index (χ4v) is 3.27. The largest absolute Gasteiger partial charge is 0.496 e. The first-order valence-corrected chi connectivity index (χ1v) is 7.67. The zero-order valence-electron chi connectivity index (χ0n) is 11.4. The number of benzene rings is 2. The maximum absolute atomic E-state index is 12.6. The molecule has 0 heterocycles. The Bertz CT molecular complexity index is 927. The van der Waals surface area contributed by atoms with Gasteiger partial charge in [-0.3, -0.25) is 14.1 Å². The highest BCUT2D eigenvalue weighted by Crippen LogP contribution is 2.35. The highest BCUT2D eigenvalue weighted by atomic mass is 32.2. The van der Waals surface area contributed by atoms with Crippen LogP contribution < -0.4 is 4.74 Å². The standard InChI is InChI=1S/C15H10O6S/c1-21-10-6-2-4-8-12(10)14(16)9-5-3-7-11(22(18,19)20)13(9)15(8)17/h2-7H,1H3,(H,18,19,20). The molecule has 2 aromatic rings. The highest BCUT2D eigenvalue weighted by molar-refractivity contribution is 7.86. The second-order valence-electron chi connectivity index (χ2n) is 4.69. The van der Waals surface area contributed by atoms with Crippen molar-refractivity contribution in [1.82, 2.24) is 0 Å². The molecule has 0 aromatic heterocycles. The van der Waals surface area contributed by atoms with Gasteiger partial charge in [-0.25, -0.2) is 0 Å². The third-order valence-electron chi connectivity index (χ3n) is 3.49. The Morgan fingerprint density at radius 3 is 2.05 bits per heavy atom. The molecule has 0 saturated heterocycles. The second-order valence-corrected chi connectivity index (χ2v) is 6.08. The van der Waals surface area contributed by atoms with Crippen LogP contribution in [-0.2, 0) is 10.1 Å². The minimum Gasteiger partial charge on any atom is -0.496 e. The number of hydrogen-bond donors (Lipinski definition) is 1. The van der Waals surface area contributed by atoms with E-state index >= 15 is 0 Å². The third kappa shape index (κ3) is 1.94. The summed E-state index contributed by atoms with van der Waals surface area (Å²) in [6, 6.07) is 8.23. The molecule has 22 heavy (non-hydrogen) atoms. The number of hydrogen-bond acceptors (Lipinski definition) is 5. The van der Waals surface area contributed by atoms with Crippen LogP contribution in [0.1, 0.15) is 31.8 Å². The van der Waals surface area contributed by atoms with Gasteiger partial charge in [-0.1, -0.05) is 24.3 Å². The van der Waals surface area contributed by atoms with Gasteiger partial charge >= 0.3 is 0 Å². The lowest BCUT2D eigenvalue weighted by Crippen LogP contribution is -2.24. The molecule has 1 N–H and O–H groups in total. The normalized spacial score (nSPS) is 13.5. The quantitative estimate of drug-likeness (QED) is 0.722. The smallest absolute Gasteiger partial charge is 0.295 e. The van der Waals surface area contributed by atoms with Crippen LogP contribution in [0.2, 0.25) is 0 Å². The molecule has 2 aromatic carbocycles. The van der Waals surface area contributed by atoms with Crippen LogP contribution in [0, 0.1) is 0 Å². The summed E-state index contributed by atoms with van der Waals surface area (Å²) in [6.45, 7) is 0. The van der Waals surface area contributed by atoms with E-state index in [-0.39, 0.29) is 28.0 Å². The Morgan fingerprint density at radius 2 is 1.45 bits per heavy atom. The van der Waals surface area contributed by atoms with Gasteiger partial charge < -0.3 is 4.74 Å². The molecule has 0 atom stereocenters. The molecule has 112 valence electrons. The van der Waals surface area contributed by atoms with E-state index in [1.807, 2.05) is 0 Å². The molecule has 0 aliphatic heterocycles. The first-order chi connectivity index (χ1) is 10.4. The van der Waals surface area contributed by atoms with Gasteiger partial charge in [0.05, 0.1) is 18.2 Å². The van der Waals surface area contributed by atoms with Crippen LogP contribution in [0.15, 0.2) is 41.3 Å². The molecule has 0 bridgehead atoms. The van der Waals surface area contributed by atoms with Gasteiger partial charge in [0.2, 0.25) is 0 Å². The Hall–Kier alpha value is -2.51. The highest BCUT2D eigenvalue weighted by Gasteiger charge is 2.36. The monoisotopic (exact) mass is 318 g/mol. The molecule has 0 spiro atoms. The average Bonchev–Trinajstić information content (AvgIpc) is 2.50. The topological polar surface area (TPSA) is 97.7 Å². The predicted octanol–water partition coefficient (Wildman–Crippen LogP) is 1.72. The van der Waals surface area contributed by atoms with Crippen LogP contribution in [-0.4, -0.2) is 31.6 Å². The van der Waals surface area contributed by atoms with Crippen molar-refractivity contribution >= 4 is 21.7 Å². The summed E-state index contributed by atoms with van der Waals surface area (Å²) in [5.74, 6) is -0.928. The number of ether oxygens (including phenoxy) is 1. The van der Waals surface area contributed by atoms with Gasteiger partial charge in [0.1, 0.15) is 10.6 Å². The van der Waals surface area contributed by atoms with E-state index in [0.717, 1.165) is 6.07 Å². The van der Waals surface area contributed by atoms with Gasteiger partial charge in [0.25, 0.3) is 10.1 Å². The number of methoxy groups -OCH3 is 1. The van der Waals surface area contributed by atoms with Crippen molar-refractivity contribution in [1.29, 1.82) is 0 Å². The van der Waals surface area contributed by atoms with E-state index < -0.39 is 26.6 Å². The lowest BCUT2D eigenvalue weighted by atomic mass is 9.83. The van der Waals surface area contributed by atoms with Crippen LogP contribution in [0.25, 0.3) is 0 Å². The minimum absolute atomic E-state index is 0.0490. The second kappa shape index (κ2) is 4.75. The number of carbonyl (C=O) groups is 2. The maximum atomic E-state index is 12.6. The van der Waals surface area contributed by atoms with Crippen molar-refractivity contribution in [2.24, 2.45) is 0 Å². The SMILES string of the molecule is COc1cccc2c1C(=O)c1cccc(S(=O)(=O)O)c1C2=O. The molecule has 1 aliphatic rings. The molecular weight excluding hydrogens is 308 g/mol. The molecule has 0 fully saturated rings. The first-order valence-electron chi connectivity index (χ1n) is 6.23. The van der Waals surface area contributed by atoms with E-state index in [1.165, 1.54) is 31.4 Å². The Kier molecular flexibility index (Phi) is 3.12. The van der Waals surface area contributed by atoms with Gasteiger partial charge in [-0.2, -0.15) is 8.42 Å². The molecule has 6 nitrogen and oxygen atoms in total. The predicted molar refractivity (Wildman–Crippen MR) is 76.1 cm³/mol. The first kappa shape index (κ1) is 14.4. The Balaban J connectivity index is 2.39. The van der Waals surface area contributed by atoms with Crippen molar-refractivity contribution in [2.45, 2.75) is 4.90 Å². The molecule has 1 aliphatic carbocycles. The van der Waals surface area contributed by atoms with Gasteiger partial charge in [-0.05, 0) is 12.1 Å². The number of rotatable bonds is 2. The number of fused-ring (bicyclic) bond motifs is 2. The van der Waals surface area contributed by atoms with E-state index in [2.05, 4.69) is 0 Å². The summed E-state index contributed by atoms with van der Waals surface area (Å²) in [5, 5.41) is 0. The van der Waals surface area contributed by atoms with E-state index in [4.69, 9.17) is 4.74 Å². The van der Waals surface area contributed by atoms with Crippen molar-refractivity contribution in [3.05, 3.63) is 58.7 Å².